The van der Waals surface area contributed by atoms with Gasteiger partial charge in [-0.15, -0.1) is 11.3 Å². The van der Waals surface area contributed by atoms with Crippen molar-refractivity contribution >= 4 is 38.5 Å². The number of rotatable bonds is 3. The number of thiazole rings is 1. The third kappa shape index (κ3) is 2.11. The van der Waals surface area contributed by atoms with Crippen LogP contribution in [0.5, 0.6) is 0 Å². The molecule has 0 radical (unpaired) electrons. The monoisotopic (exact) mass is 296 g/mol. The molecule has 0 aliphatic carbocycles. The molecule has 0 saturated carbocycles. The zero-order valence-corrected chi connectivity index (χ0v) is 12.1. The summed E-state index contributed by atoms with van der Waals surface area (Å²) in [5.74, 6) is 0.586. The van der Waals surface area contributed by atoms with Gasteiger partial charge in [0.25, 0.3) is 0 Å². The molecular formula is C14H12N6S. The molecule has 0 aliphatic heterocycles. The van der Waals surface area contributed by atoms with E-state index < -0.39 is 0 Å². The fourth-order valence-corrected chi connectivity index (χ4v) is 3.25. The molecule has 0 unspecified atom stereocenters. The number of aromatic amines is 1. The van der Waals surface area contributed by atoms with E-state index >= 15 is 0 Å². The first-order valence-electron chi connectivity index (χ1n) is 6.55. The van der Waals surface area contributed by atoms with Crippen LogP contribution in [-0.4, -0.2) is 32.2 Å². The molecule has 21 heavy (non-hydrogen) atoms. The summed E-state index contributed by atoms with van der Waals surface area (Å²) < 4.78 is 1.19. The van der Waals surface area contributed by atoms with Gasteiger partial charge in [0.1, 0.15) is 0 Å². The molecule has 0 amide bonds. The van der Waals surface area contributed by atoms with Crippen molar-refractivity contribution in [1.29, 1.82) is 0 Å². The van der Waals surface area contributed by atoms with Crippen molar-refractivity contribution in [2.45, 2.75) is 6.42 Å². The van der Waals surface area contributed by atoms with Crippen LogP contribution in [0.4, 0.5) is 5.95 Å². The molecule has 4 rings (SSSR count). The summed E-state index contributed by atoms with van der Waals surface area (Å²) in [4.78, 5) is 13.5. The molecular weight excluding hydrogens is 284 g/mol. The third-order valence-electron chi connectivity index (χ3n) is 3.27. The van der Waals surface area contributed by atoms with E-state index in [1.807, 2.05) is 18.2 Å². The number of nitrogens with one attached hydrogen (secondary N) is 2. The quantitative estimate of drug-likeness (QED) is 0.607. The van der Waals surface area contributed by atoms with Crippen LogP contribution in [-0.2, 0) is 6.42 Å². The number of para-hydroxylation sites is 1. The predicted molar refractivity (Wildman–Crippen MR) is 83.7 cm³/mol. The highest BCUT2D eigenvalue weighted by molar-refractivity contribution is 7.18. The molecule has 0 bridgehead atoms. The Bertz CT molecular complexity index is 892. The van der Waals surface area contributed by atoms with Crippen molar-refractivity contribution in [2.24, 2.45) is 0 Å². The number of hydrogen-bond donors (Lipinski definition) is 2. The Balaban J connectivity index is 1.80. The van der Waals surface area contributed by atoms with Crippen LogP contribution in [0.25, 0.3) is 21.3 Å². The fourth-order valence-electron chi connectivity index (χ4n) is 2.28. The first-order chi connectivity index (χ1) is 10.3. The van der Waals surface area contributed by atoms with Crippen molar-refractivity contribution in [3.8, 4) is 0 Å². The lowest BCUT2D eigenvalue weighted by molar-refractivity contribution is 1.04. The summed E-state index contributed by atoms with van der Waals surface area (Å²) in [6.07, 6.45) is 2.43. The largest absolute Gasteiger partial charge is 0.357 e. The summed E-state index contributed by atoms with van der Waals surface area (Å²) in [7, 11) is 1.80. The van der Waals surface area contributed by atoms with Crippen LogP contribution < -0.4 is 5.32 Å². The molecule has 104 valence electrons. The second-order valence-electron chi connectivity index (χ2n) is 4.63. The Kier molecular flexibility index (Phi) is 2.78. The van der Waals surface area contributed by atoms with E-state index in [1.54, 1.807) is 24.6 Å². The minimum atomic E-state index is 0.586. The lowest BCUT2D eigenvalue weighted by atomic mass is 10.2. The van der Waals surface area contributed by atoms with Gasteiger partial charge in [0.05, 0.1) is 32.5 Å². The molecule has 3 aromatic heterocycles. The third-order valence-corrected chi connectivity index (χ3v) is 4.31. The summed E-state index contributed by atoms with van der Waals surface area (Å²) in [6.45, 7) is 0. The molecule has 3 heterocycles. The normalized spacial score (nSPS) is 11.3. The smallest absolute Gasteiger partial charge is 0.224 e. The Morgan fingerprint density at radius 3 is 2.95 bits per heavy atom. The Morgan fingerprint density at radius 1 is 1.19 bits per heavy atom. The van der Waals surface area contributed by atoms with E-state index in [0.717, 1.165) is 27.3 Å². The summed E-state index contributed by atoms with van der Waals surface area (Å²) in [5.41, 5.74) is 2.70. The zero-order valence-electron chi connectivity index (χ0n) is 11.3. The van der Waals surface area contributed by atoms with E-state index in [1.165, 1.54) is 4.70 Å². The molecule has 0 saturated heterocycles. The standard InChI is InChI=1S/C14H12N6S/c1-15-14-18-10(8-7-16-20-13(8)19-14)6-12-17-9-4-2-3-5-11(9)21-12/h2-5,7H,6H2,1H3,(H2,15,16,18,19,20). The van der Waals surface area contributed by atoms with Crippen LogP contribution in [0.2, 0.25) is 0 Å². The van der Waals surface area contributed by atoms with Gasteiger partial charge in [-0.3, -0.25) is 5.10 Å². The first kappa shape index (κ1) is 12.2. The van der Waals surface area contributed by atoms with Crippen LogP contribution in [0.1, 0.15) is 10.7 Å². The minimum absolute atomic E-state index is 0.586. The molecule has 0 atom stereocenters. The average molecular weight is 296 g/mol. The minimum Gasteiger partial charge on any atom is -0.357 e. The van der Waals surface area contributed by atoms with Crippen LogP contribution in [0.3, 0.4) is 0 Å². The van der Waals surface area contributed by atoms with Gasteiger partial charge >= 0.3 is 0 Å². The molecule has 6 nitrogen and oxygen atoms in total. The predicted octanol–water partition coefficient (Wildman–Crippen LogP) is 2.60. The van der Waals surface area contributed by atoms with Crippen LogP contribution in [0, 0.1) is 0 Å². The Hall–Kier alpha value is -2.54. The van der Waals surface area contributed by atoms with Crippen molar-refractivity contribution in [3.05, 3.63) is 41.2 Å². The highest BCUT2D eigenvalue weighted by Crippen LogP contribution is 2.25. The molecule has 0 spiro atoms. The van der Waals surface area contributed by atoms with Crippen molar-refractivity contribution in [3.63, 3.8) is 0 Å². The van der Waals surface area contributed by atoms with E-state index in [-0.39, 0.29) is 0 Å². The number of benzene rings is 1. The number of aromatic nitrogens is 5. The molecule has 4 aromatic rings. The highest BCUT2D eigenvalue weighted by Gasteiger charge is 2.12. The maximum absolute atomic E-state index is 4.66. The summed E-state index contributed by atoms with van der Waals surface area (Å²) in [5, 5.41) is 11.9. The number of fused-ring (bicyclic) bond motifs is 2. The Labute approximate surface area is 124 Å². The lowest BCUT2D eigenvalue weighted by Gasteiger charge is -2.03. The maximum Gasteiger partial charge on any atom is 0.224 e. The average Bonchev–Trinajstić information content (AvgIpc) is 3.12. The van der Waals surface area contributed by atoms with Gasteiger partial charge in [0, 0.05) is 13.5 Å². The highest BCUT2D eigenvalue weighted by atomic mass is 32.1. The second-order valence-corrected chi connectivity index (χ2v) is 5.74. The van der Waals surface area contributed by atoms with Gasteiger partial charge in [0.15, 0.2) is 5.65 Å². The number of hydrogen-bond acceptors (Lipinski definition) is 6. The zero-order chi connectivity index (χ0) is 14.2. The van der Waals surface area contributed by atoms with Crippen molar-refractivity contribution in [2.75, 3.05) is 12.4 Å². The van der Waals surface area contributed by atoms with Crippen LogP contribution in [0.15, 0.2) is 30.5 Å². The van der Waals surface area contributed by atoms with E-state index in [2.05, 4.69) is 36.5 Å². The molecule has 0 fully saturated rings. The number of nitrogens with zero attached hydrogens (tertiary/aromatic N) is 4. The van der Waals surface area contributed by atoms with E-state index in [0.29, 0.717) is 12.4 Å². The fraction of sp³-hybridized carbons (Fsp3) is 0.143. The molecule has 1 aromatic carbocycles. The van der Waals surface area contributed by atoms with E-state index in [4.69, 9.17) is 0 Å². The Morgan fingerprint density at radius 2 is 2.10 bits per heavy atom. The number of anilines is 1. The van der Waals surface area contributed by atoms with Crippen LogP contribution >= 0.6 is 11.3 Å². The van der Waals surface area contributed by atoms with Gasteiger partial charge in [-0.2, -0.15) is 10.1 Å². The second kappa shape index (κ2) is 4.78. The SMILES string of the molecule is CNc1nc(Cc2nc3ccccc3s2)c2cn[nH]c2n1. The van der Waals surface area contributed by atoms with Crippen molar-refractivity contribution in [1.82, 2.24) is 25.1 Å². The maximum atomic E-state index is 4.66. The van der Waals surface area contributed by atoms with Crippen molar-refractivity contribution < 1.29 is 0 Å². The number of H-pyrrole nitrogens is 1. The molecule has 2 N–H and O–H groups in total. The topological polar surface area (TPSA) is 79.4 Å². The van der Waals surface area contributed by atoms with Gasteiger partial charge in [-0.1, -0.05) is 12.1 Å². The lowest BCUT2D eigenvalue weighted by Crippen LogP contribution is -2.01. The van der Waals surface area contributed by atoms with Gasteiger partial charge < -0.3 is 5.32 Å². The first-order valence-corrected chi connectivity index (χ1v) is 7.37. The van der Waals surface area contributed by atoms with E-state index in [9.17, 15) is 0 Å². The summed E-state index contributed by atoms with van der Waals surface area (Å²) in [6, 6.07) is 8.15. The molecule has 0 aliphatic rings. The van der Waals surface area contributed by atoms with Gasteiger partial charge in [-0.05, 0) is 12.1 Å². The summed E-state index contributed by atoms with van der Waals surface area (Å²) >= 11 is 1.69. The van der Waals surface area contributed by atoms with Gasteiger partial charge in [0.2, 0.25) is 5.95 Å². The van der Waals surface area contributed by atoms with Gasteiger partial charge in [-0.25, -0.2) is 9.97 Å². The molecule has 7 heteroatoms.